The van der Waals surface area contributed by atoms with E-state index in [1.807, 2.05) is 54.6 Å². The van der Waals surface area contributed by atoms with Gasteiger partial charge in [0.1, 0.15) is 24.6 Å². The summed E-state index contributed by atoms with van der Waals surface area (Å²) in [6.45, 7) is 2.55. The van der Waals surface area contributed by atoms with Crippen LogP contribution < -0.4 is 4.74 Å². The molecule has 0 amide bonds. The van der Waals surface area contributed by atoms with Crippen LogP contribution in [0.2, 0.25) is 0 Å². The first-order chi connectivity index (χ1) is 11.7. The Morgan fingerprint density at radius 3 is 2.29 bits per heavy atom. The Labute approximate surface area is 142 Å². The SMILES string of the molecule is CCOC(=O)CC(=O)CCc1ccc(OCc2ccccc2)cc1. The fourth-order valence-electron chi connectivity index (χ4n) is 2.24. The molecule has 0 aliphatic heterocycles. The van der Waals surface area contributed by atoms with Crippen molar-refractivity contribution >= 4 is 11.8 Å². The van der Waals surface area contributed by atoms with Gasteiger partial charge in [-0.25, -0.2) is 0 Å². The Hall–Kier alpha value is -2.62. The molecule has 0 atom stereocenters. The summed E-state index contributed by atoms with van der Waals surface area (Å²) < 4.78 is 10.5. The number of ether oxygens (including phenoxy) is 2. The van der Waals surface area contributed by atoms with Gasteiger partial charge in [-0.15, -0.1) is 0 Å². The molecule has 24 heavy (non-hydrogen) atoms. The molecule has 126 valence electrons. The number of hydrogen-bond acceptors (Lipinski definition) is 4. The van der Waals surface area contributed by atoms with Crippen LogP contribution in [0.25, 0.3) is 0 Å². The van der Waals surface area contributed by atoms with Crippen molar-refractivity contribution in [1.82, 2.24) is 0 Å². The van der Waals surface area contributed by atoms with Gasteiger partial charge in [0.25, 0.3) is 0 Å². The molecule has 0 spiro atoms. The van der Waals surface area contributed by atoms with Gasteiger partial charge in [0.15, 0.2) is 0 Å². The largest absolute Gasteiger partial charge is 0.489 e. The number of hydrogen-bond donors (Lipinski definition) is 0. The van der Waals surface area contributed by atoms with Gasteiger partial charge in [0.05, 0.1) is 6.61 Å². The zero-order chi connectivity index (χ0) is 17.2. The van der Waals surface area contributed by atoms with E-state index in [0.717, 1.165) is 16.9 Å². The van der Waals surface area contributed by atoms with E-state index in [1.54, 1.807) is 6.92 Å². The molecule has 0 fully saturated rings. The number of rotatable bonds is 9. The van der Waals surface area contributed by atoms with Crippen LogP contribution in [-0.4, -0.2) is 18.4 Å². The Balaban J connectivity index is 1.75. The summed E-state index contributed by atoms with van der Waals surface area (Å²) in [5, 5.41) is 0. The second-order valence-electron chi connectivity index (χ2n) is 5.44. The molecule has 0 aromatic heterocycles. The van der Waals surface area contributed by atoms with Crippen molar-refractivity contribution in [2.75, 3.05) is 6.61 Å². The molecule has 0 saturated carbocycles. The molecule has 0 heterocycles. The first-order valence-corrected chi connectivity index (χ1v) is 8.10. The highest BCUT2D eigenvalue weighted by molar-refractivity contribution is 5.95. The summed E-state index contributed by atoms with van der Waals surface area (Å²) in [4.78, 5) is 22.9. The molecule has 2 rings (SSSR count). The molecule has 2 aromatic rings. The van der Waals surface area contributed by atoms with Gasteiger partial charge >= 0.3 is 5.97 Å². The van der Waals surface area contributed by atoms with E-state index in [-0.39, 0.29) is 12.2 Å². The Morgan fingerprint density at radius 2 is 1.62 bits per heavy atom. The fraction of sp³-hybridized carbons (Fsp3) is 0.300. The molecule has 0 aliphatic rings. The van der Waals surface area contributed by atoms with Gasteiger partial charge in [-0.05, 0) is 36.6 Å². The molecule has 0 unspecified atom stereocenters. The number of carbonyl (C=O) groups is 2. The van der Waals surface area contributed by atoms with Crippen LogP contribution in [0.4, 0.5) is 0 Å². The minimum absolute atomic E-state index is 0.0992. The first kappa shape index (κ1) is 17.7. The summed E-state index contributed by atoms with van der Waals surface area (Å²) in [5.41, 5.74) is 2.16. The van der Waals surface area contributed by atoms with Crippen molar-refractivity contribution in [3.63, 3.8) is 0 Å². The average molecular weight is 326 g/mol. The Bertz CT molecular complexity index is 647. The third-order valence-corrected chi connectivity index (χ3v) is 3.51. The van der Waals surface area contributed by atoms with E-state index in [2.05, 4.69) is 0 Å². The average Bonchev–Trinajstić information content (AvgIpc) is 2.60. The predicted octanol–water partition coefficient (Wildman–Crippen LogP) is 3.72. The lowest BCUT2D eigenvalue weighted by molar-refractivity contribution is -0.145. The summed E-state index contributed by atoms with van der Waals surface area (Å²) in [5.74, 6) is 0.241. The molecule has 2 aromatic carbocycles. The van der Waals surface area contributed by atoms with Crippen LogP contribution in [0.15, 0.2) is 54.6 Å². The quantitative estimate of drug-likeness (QED) is 0.520. The maximum absolute atomic E-state index is 11.7. The maximum atomic E-state index is 11.7. The number of aryl methyl sites for hydroxylation is 1. The highest BCUT2D eigenvalue weighted by atomic mass is 16.5. The molecule has 0 saturated heterocycles. The summed E-state index contributed by atoms with van der Waals surface area (Å²) in [6.07, 6.45) is 0.798. The lowest BCUT2D eigenvalue weighted by atomic mass is 10.1. The van der Waals surface area contributed by atoms with Crippen molar-refractivity contribution in [3.8, 4) is 5.75 Å². The molecule has 0 bridgehead atoms. The molecule has 4 heteroatoms. The molecule has 4 nitrogen and oxygen atoms in total. The van der Waals surface area contributed by atoms with Gasteiger partial charge in [-0.1, -0.05) is 42.5 Å². The van der Waals surface area contributed by atoms with Gasteiger partial charge < -0.3 is 9.47 Å². The third kappa shape index (κ3) is 6.24. The highest BCUT2D eigenvalue weighted by Gasteiger charge is 2.10. The van der Waals surface area contributed by atoms with Crippen LogP contribution in [0.1, 0.15) is 30.9 Å². The molecule has 0 N–H and O–H groups in total. The summed E-state index contributed by atoms with van der Waals surface area (Å²) >= 11 is 0. The van der Waals surface area contributed by atoms with Crippen molar-refractivity contribution in [2.45, 2.75) is 32.8 Å². The smallest absolute Gasteiger partial charge is 0.313 e. The number of esters is 1. The van der Waals surface area contributed by atoms with Crippen LogP contribution in [0, 0.1) is 0 Å². The van der Waals surface area contributed by atoms with E-state index in [1.165, 1.54) is 0 Å². The number of benzene rings is 2. The third-order valence-electron chi connectivity index (χ3n) is 3.51. The van der Waals surface area contributed by atoms with Crippen molar-refractivity contribution in [1.29, 1.82) is 0 Å². The molecular formula is C20H22O4. The van der Waals surface area contributed by atoms with E-state index in [9.17, 15) is 9.59 Å². The van der Waals surface area contributed by atoms with Gasteiger partial charge in [0.2, 0.25) is 0 Å². The highest BCUT2D eigenvalue weighted by Crippen LogP contribution is 2.15. The van der Waals surface area contributed by atoms with Crippen LogP contribution in [0.5, 0.6) is 5.75 Å². The van der Waals surface area contributed by atoms with E-state index in [0.29, 0.717) is 26.1 Å². The van der Waals surface area contributed by atoms with E-state index in [4.69, 9.17) is 9.47 Å². The van der Waals surface area contributed by atoms with Gasteiger partial charge in [0, 0.05) is 6.42 Å². The fourth-order valence-corrected chi connectivity index (χ4v) is 2.24. The minimum atomic E-state index is -0.452. The molecule has 0 aliphatic carbocycles. The lowest BCUT2D eigenvalue weighted by Crippen LogP contribution is -2.11. The number of carbonyl (C=O) groups excluding carboxylic acids is 2. The first-order valence-electron chi connectivity index (χ1n) is 8.10. The second kappa shape index (κ2) is 9.50. The predicted molar refractivity (Wildman–Crippen MR) is 91.8 cm³/mol. The lowest BCUT2D eigenvalue weighted by Gasteiger charge is -2.07. The Kier molecular flexibility index (Phi) is 7.02. The zero-order valence-electron chi connectivity index (χ0n) is 13.9. The second-order valence-corrected chi connectivity index (χ2v) is 5.44. The summed E-state index contributed by atoms with van der Waals surface area (Å²) in [7, 11) is 0. The van der Waals surface area contributed by atoms with Gasteiger partial charge in [-0.3, -0.25) is 9.59 Å². The van der Waals surface area contributed by atoms with E-state index < -0.39 is 5.97 Å². The van der Waals surface area contributed by atoms with Crippen molar-refractivity contribution in [3.05, 3.63) is 65.7 Å². The van der Waals surface area contributed by atoms with Crippen LogP contribution >= 0.6 is 0 Å². The van der Waals surface area contributed by atoms with Crippen molar-refractivity contribution in [2.24, 2.45) is 0 Å². The summed E-state index contributed by atoms with van der Waals surface area (Å²) in [6, 6.07) is 17.6. The van der Waals surface area contributed by atoms with Crippen molar-refractivity contribution < 1.29 is 19.1 Å². The normalized spacial score (nSPS) is 10.2. The molecular weight excluding hydrogens is 304 g/mol. The van der Waals surface area contributed by atoms with E-state index >= 15 is 0 Å². The molecule has 0 radical (unpaired) electrons. The monoisotopic (exact) mass is 326 g/mol. The minimum Gasteiger partial charge on any atom is -0.489 e. The number of Topliss-reactive ketones (excluding diaryl/α,β-unsaturated/α-hetero) is 1. The van der Waals surface area contributed by atoms with Crippen LogP contribution in [0.3, 0.4) is 0 Å². The standard InChI is InChI=1S/C20H22O4/c1-2-23-20(22)14-18(21)11-8-16-9-12-19(13-10-16)24-15-17-6-4-3-5-7-17/h3-7,9-10,12-13H,2,8,11,14-15H2,1H3. The number of ketones is 1. The Morgan fingerprint density at radius 1 is 0.917 bits per heavy atom. The topological polar surface area (TPSA) is 52.6 Å². The van der Waals surface area contributed by atoms with Gasteiger partial charge in [-0.2, -0.15) is 0 Å². The zero-order valence-corrected chi connectivity index (χ0v) is 13.9. The maximum Gasteiger partial charge on any atom is 0.313 e. The van der Waals surface area contributed by atoms with Crippen LogP contribution in [-0.2, 0) is 27.4 Å².